The molecule has 1 aromatic carbocycles. The molecule has 6 nitrogen and oxygen atoms in total. The van der Waals surface area contributed by atoms with Crippen LogP contribution in [-0.2, 0) is 11.3 Å². The van der Waals surface area contributed by atoms with E-state index < -0.39 is 0 Å². The Kier molecular flexibility index (Phi) is 8.51. The summed E-state index contributed by atoms with van der Waals surface area (Å²) >= 11 is 1.46. The molecule has 0 bridgehead atoms. The second-order valence-electron chi connectivity index (χ2n) is 7.60. The van der Waals surface area contributed by atoms with Gasteiger partial charge in [0.25, 0.3) is 0 Å². The molecular formula is C21H34N5OS+. The van der Waals surface area contributed by atoms with Crippen LogP contribution in [0.25, 0.3) is 0 Å². The normalized spacial score (nSPS) is 12.4. The Morgan fingerprint density at radius 3 is 2.43 bits per heavy atom. The molecule has 2 N–H and O–H groups in total. The molecule has 7 heteroatoms. The van der Waals surface area contributed by atoms with Crippen molar-refractivity contribution in [1.82, 2.24) is 14.8 Å². The molecule has 0 spiro atoms. The van der Waals surface area contributed by atoms with Crippen molar-refractivity contribution in [2.75, 3.05) is 25.2 Å². The SMILES string of the molecule is CCCCn1c(SCC(=O)Nc2cc(C)cc(C)c2)nnc1[C@@H](CC)[NH+](C)C. The summed E-state index contributed by atoms with van der Waals surface area (Å²) in [5, 5.41) is 12.7. The van der Waals surface area contributed by atoms with Gasteiger partial charge < -0.3 is 14.8 Å². The van der Waals surface area contributed by atoms with Crippen LogP contribution in [0.5, 0.6) is 0 Å². The van der Waals surface area contributed by atoms with Crippen molar-refractivity contribution in [3.8, 4) is 0 Å². The first-order valence-corrected chi connectivity index (χ1v) is 11.1. The minimum absolute atomic E-state index is 0.0214. The van der Waals surface area contributed by atoms with Gasteiger partial charge in [-0.05, 0) is 43.5 Å². The lowest BCUT2D eigenvalue weighted by atomic mass is 10.1. The lowest BCUT2D eigenvalue weighted by molar-refractivity contribution is -0.893. The van der Waals surface area contributed by atoms with Gasteiger partial charge in [-0.25, -0.2) is 0 Å². The first kappa shape index (κ1) is 22.4. The van der Waals surface area contributed by atoms with E-state index in [1.54, 1.807) is 0 Å². The molecule has 1 atom stereocenters. The van der Waals surface area contributed by atoms with Gasteiger partial charge >= 0.3 is 0 Å². The number of aryl methyl sites for hydroxylation is 2. The molecule has 28 heavy (non-hydrogen) atoms. The molecule has 2 rings (SSSR count). The largest absolute Gasteiger partial charge is 0.331 e. The summed E-state index contributed by atoms with van der Waals surface area (Å²) in [5.41, 5.74) is 3.13. The number of unbranched alkanes of at least 4 members (excludes halogenated alkanes) is 1. The van der Waals surface area contributed by atoms with Gasteiger partial charge in [0.15, 0.2) is 11.0 Å². The third kappa shape index (κ3) is 6.07. The highest BCUT2D eigenvalue weighted by Gasteiger charge is 2.25. The van der Waals surface area contributed by atoms with Crippen molar-refractivity contribution in [2.45, 2.75) is 64.7 Å². The number of aromatic nitrogens is 3. The fourth-order valence-corrected chi connectivity index (χ4v) is 4.19. The molecule has 0 aliphatic heterocycles. The van der Waals surface area contributed by atoms with Crippen molar-refractivity contribution in [3.63, 3.8) is 0 Å². The minimum atomic E-state index is -0.0214. The van der Waals surface area contributed by atoms with Crippen molar-refractivity contribution >= 4 is 23.4 Å². The summed E-state index contributed by atoms with van der Waals surface area (Å²) in [6.07, 6.45) is 3.19. The number of hydrogen-bond acceptors (Lipinski definition) is 4. The third-order valence-electron chi connectivity index (χ3n) is 4.74. The zero-order valence-corrected chi connectivity index (χ0v) is 18.8. The first-order chi connectivity index (χ1) is 13.3. The highest BCUT2D eigenvalue weighted by molar-refractivity contribution is 7.99. The summed E-state index contributed by atoms with van der Waals surface area (Å²) in [5.74, 6) is 1.32. The predicted molar refractivity (Wildman–Crippen MR) is 116 cm³/mol. The lowest BCUT2D eigenvalue weighted by Gasteiger charge is -2.20. The van der Waals surface area contributed by atoms with Gasteiger partial charge in [0.05, 0.1) is 19.8 Å². The molecule has 2 aromatic rings. The summed E-state index contributed by atoms with van der Waals surface area (Å²) in [6, 6.07) is 6.38. The number of carbonyl (C=O) groups is 1. The zero-order chi connectivity index (χ0) is 20.7. The summed E-state index contributed by atoms with van der Waals surface area (Å²) < 4.78 is 2.21. The van der Waals surface area contributed by atoms with Crippen molar-refractivity contribution < 1.29 is 9.69 Å². The van der Waals surface area contributed by atoms with Crippen LogP contribution in [0.15, 0.2) is 23.4 Å². The van der Waals surface area contributed by atoms with Gasteiger partial charge in [0, 0.05) is 18.7 Å². The van der Waals surface area contributed by atoms with Crippen LogP contribution < -0.4 is 10.2 Å². The Hall–Kier alpha value is -1.86. The van der Waals surface area contributed by atoms with E-state index in [1.165, 1.54) is 16.7 Å². The fraction of sp³-hybridized carbons (Fsp3) is 0.571. The van der Waals surface area contributed by atoms with Crippen LogP contribution in [0.3, 0.4) is 0 Å². The van der Waals surface area contributed by atoms with Gasteiger partial charge in [-0.2, -0.15) is 0 Å². The third-order valence-corrected chi connectivity index (χ3v) is 5.70. The molecule has 1 heterocycles. The molecule has 154 valence electrons. The molecule has 0 radical (unpaired) electrons. The number of quaternary nitrogens is 1. The smallest absolute Gasteiger partial charge is 0.234 e. The first-order valence-electron chi connectivity index (χ1n) is 10.1. The Labute approximate surface area is 173 Å². The molecule has 1 aromatic heterocycles. The highest BCUT2D eigenvalue weighted by atomic mass is 32.2. The maximum atomic E-state index is 12.4. The molecule has 1 amide bonds. The average Bonchev–Trinajstić information content (AvgIpc) is 3.00. The van der Waals surface area contributed by atoms with Gasteiger partial charge in [0.1, 0.15) is 6.04 Å². The molecule has 0 fully saturated rings. The Morgan fingerprint density at radius 2 is 1.86 bits per heavy atom. The maximum absolute atomic E-state index is 12.4. The molecular weight excluding hydrogens is 370 g/mol. The fourth-order valence-electron chi connectivity index (χ4n) is 3.41. The minimum Gasteiger partial charge on any atom is -0.331 e. The molecule has 0 aliphatic rings. The Bertz CT molecular complexity index is 767. The van der Waals surface area contributed by atoms with Crippen LogP contribution in [0.4, 0.5) is 5.69 Å². The van der Waals surface area contributed by atoms with Crippen LogP contribution in [0, 0.1) is 13.8 Å². The van der Waals surface area contributed by atoms with E-state index in [-0.39, 0.29) is 5.91 Å². The molecule has 0 saturated heterocycles. The van der Waals surface area contributed by atoms with Gasteiger partial charge in [-0.3, -0.25) is 4.79 Å². The van der Waals surface area contributed by atoms with E-state index >= 15 is 0 Å². The van der Waals surface area contributed by atoms with Crippen LogP contribution in [0.2, 0.25) is 0 Å². The van der Waals surface area contributed by atoms with E-state index in [4.69, 9.17) is 0 Å². The highest BCUT2D eigenvalue weighted by Crippen LogP contribution is 2.22. The number of carbonyl (C=O) groups excluding carboxylic acids is 1. The van der Waals surface area contributed by atoms with Crippen molar-refractivity contribution in [1.29, 1.82) is 0 Å². The number of anilines is 1. The Morgan fingerprint density at radius 1 is 1.18 bits per heavy atom. The number of thioether (sulfide) groups is 1. The quantitative estimate of drug-likeness (QED) is 0.598. The van der Waals surface area contributed by atoms with Crippen LogP contribution in [-0.4, -0.2) is 40.5 Å². The van der Waals surface area contributed by atoms with Crippen molar-refractivity contribution in [3.05, 3.63) is 35.2 Å². The molecule has 0 aliphatic carbocycles. The zero-order valence-electron chi connectivity index (χ0n) is 18.0. The number of nitrogens with zero attached hydrogens (tertiary/aromatic N) is 3. The van der Waals surface area contributed by atoms with E-state index in [2.05, 4.69) is 54.1 Å². The second-order valence-corrected chi connectivity index (χ2v) is 8.54. The topological polar surface area (TPSA) is 64.2 Å². The maximum Gasteiger partial charge on any atom is 0.234 e. The van der Waals surface area contributed by atoms with Gasteiger partial charge in [-0.1, -0.05) is 38.1 Å². The Balaban J connectivity index is 2.09. The second kappa shape index (κ2) is 10.6. The van der Waals surface area contributed by atoms with Gasteiger partial charge in [0.2, 0.25) is 5.91 Å². The average molecular weight is 405 g/mol. The summed E-state index contributed by atoms with van der Waals surface area (Å²) in [6.45, 7) is 9.32. The van der Waals surface area contributed by atoms with Crippen LogP contribution >= 0.6 is 11.8 Å². The summed E-state index contributed by atoms with van der Waals surface area (Å²) in [4.78, 5) is 13.8. The number of amides is 1. The van der Waals surface area contributed by atoms with E-state index in [0.717, 1.165) is 53.6 Å². The standard InChI is InChI=1S/C21H33N5OS/c1-7-9-10-26-20(18(8-2)25(5)6)23-24-21(26)28-14-19(27)22-17-12-15(3)11-16(4)13-17/h11-13,18H,7-10,14H2,1-6H3,(H,22,27)/p+1/t18-/m1/s1. The lowest BCUT2D eigenvalue weighted by Crippen LogP contribution is -3.06. The summed E-state index contributed by atoms with van der Waals surface area (Å²) in [7, 11) is 4.30. The van der Waals surface area contributed by atoms with Crippen molar-refractivity contribution in [2.24, 2.45) is 0 Å². The van der Waals surface area contributed by atoms with Crippen LogP contribution in [0.1, 0.15) is 56.1 Å². The molecule has 0 saturated carbocycles. The van der Waals surface area contributed by atoms with Gasteiger partial charge in [-0.15, -0.1) is 10.2 Å². The number of benzene rings is 1. The number of rotatable bonds is 10. The van der Waals surface area contributed by atoms with E-state index in [1.807, 2.05) is 26.0 Å². The van der Waals surface area contributed by atoms with E-state index in [9.17, 15) is 4.79 Å². The number of hydrogen-bond donors (Lipinski definition) is 2. The monoisotopic (exact) mass is 404 g/mol. The predicted octanol–water partition coefficient (Wildman–Crippen LogP) is 3.02. The number of nitrogens with one attached hydrogen (secondary N) is 2. The molecule has 0 unspecified atom stereocenters. The van der Waals surface area contributed by atoms with E-state index in [0.29, 0.717) is 11.8 Å².